The van der Waals surface area contributed by atoms with Crippen molar-refractivity contribution >= 4 is 23.2 Å². The van der Waals surface area contributed by atoms with Gasteiger partial charge in [0.2, 0.25) is 12.2 Å². The molecule has 0 aromatic carbocycles. The molecule has 2 aromatic rings. The zero-order chi connectivity index (χ0) is 28.3. The number of ether oxygens (including phenoxy) is 4. The van der Waals surface area contributed by atoms with Gasteiger partial charge >= 0.3 is 5.69 Å². The number of methoxy groups -OCH3 is 1. The van der Waals surface area contributed by atoms with Crippen LogP contribution < -0.4 is 22.3 Å². The third kappa shape index (κ3) is 6.27. The van der Waals surface area contributed by atoms with Crippen molar-refractivity contribution in [2.45, 2.75) is 55.6 Å². The fourth-order valence-corrected chi connectivity index (χ4v) is 4.94. The molecule has 0 saturated carbocycles. The molecule has 0 bridgehead atoms. The molecule has 16 heteroatoms. The predicted molar refractivity (Wildman–Crippen MR) is 132 cm³/mol. The summed E-state index contributed by atoms with van der Waals surface area (Å²) in [6.45, 7) is 0.267. The number of aliphatic hydroxyl groups excluding tert-OH is 3. The summed E-state index contributed by atoms with van der Waals surface area (Å²) in [5.41, 5.74) is 3.95. The lowest BCUT2D eigenvalue weighted by molar-refractivity contribution is -0.241. The molecule has 0 radical (unpaired) electrons. The topological polar surface area (TPSA) is 225 Å². The first-order chi connectivity index (χ1) is 18.6. The Labute approximate surface area is 224 Å². The molecular weight excluding hydrogens is 540 g/mol. The van der Waals surface area contributed by atoms with Crippen LogP contribution in [0.5, 0.6) is 0 Å². The van der Waals surface area contributed by atoms with Crippen LogP contribution in [0.3, 0.4) is 0 Å². The second-order valence-electron chi connectivity index (χ2n) is 8.74. The second-order valence-corrected chi connectivity index (χ2v) is 9.77. The van der Waals surface area contributed by atoms with Crippen LogP contribution in [0.15, 0.2) is 51.2 Å². The van der Waals surface area contributed by atoms with Crippen LogP contribution in [0.25, 0.3) is 0 Å². The van der Waals surface area contributed by atoms with Gasteiger partial charge in [0, 0.05) is 30.8 Å². The van der Waals surface area contributed by atoms with Crippen LogP contribution >= 0.6 is 11.3 Å². The van der Waals surface area contributed by atoms with Crippen LogP contribution in [0.1, 0.15) is 11.1 Å². The zero-order valence-corrected chi connectivity index (χ0v) is 21.4. The van der Waals surface area contributed by atoms with Crippen molar-refractivity contribution in [3.05, 3.63) is 67.3 Å². The lowest BCUT2D eigenvalue weighted by atomic mass is 10.0. The Morgan fingerprint density at radius 3 is 2.67 bits per heavy atom. The predicted octanol–water partition coefficient (Wildman–Crippen LogP) is -2.94. The number of nitrogens with one attached hydrogen (secondary N) is 2. The lowest BCUT2D eigenvalue weighted by Gasteiger charge is -2.35. The maximum absolute atomic E-state index is 12.6. The quantitative estimate of drug-likeness (QED) is 0.170. The Morgan fingerprint density at radius 1 is 1.26 bits per heavy atom. The number of nitrogens with two attached hydrogens (primary N) is 1. The molecule has 1 fully saturated rings. The van der Waals surface area contributed by atoms with Gasteiger partial charge in [-0.1, -0.05) is 6.07 Å². The van der Waals surface area contributed by atoms with Gasteiger partial charge in [-0.2, -0.15) is 0 Å². The Balaban J connectivity index is 1.49. The summed E-state index contributed by atoms with van der Waals surface area (Å²) < 4.78 is 22.9. The van der Waals surface area contributed by atoms with E-state index >= 15 is 0 Å². The summed E-state index contributed by atoms with van der Waals surface area (Å²) in [7, 11) is 1.21. The zero-order valence-electron chi connectivity index (χ0n) is 20.5. The van der Waals surface area contributed by atoms with Gasteiger partial charge in [0.1, 0.15) is 30.5 Å². The highest BCUT2D eigenvalue weighted by Crippen LogP contribution is 2.34. The van der Waals surface area contributed by atoms with Crippen molar-refractivity contribution in [1.82, 2.24) is 14.9 Å². The number of rotatable bonds is 10. The van der Waals surface area contributed by atoms with Gasteiger partial charge in [0.15, 0.2) is 18.1 Å². The van der Waals surface area contributed by atoms with E-state index in [4.69, 9.17) is 24.7 Å². The molecule has 212 valence electrons. The van der Waals surface area contributed by atoms with Crippen LogP contribution in [0, 0.1) is 0 Å². The summed E-state index contributed by atoms with van der Waals surface area (Å²) >= 11 is 1.53. The minimum atomic E-state index is -1.76. The molecule has 39 heavy (non-hydrogen) atoms. The van der Waals surface area contributed by atoms with E-state index in [0.29, 0.717) is 6.42 Å². The second kappa shape index (κ2) is 12.2. The van der Waals surface area contributed by atoms with Gasteiger partial charge in [0.25, 0.3) is 11.5 Å². The molecule has 2 aliphatic rings. The van der Waals surface area contributed by atoms with Crippen LogP contribution in [0.4, 0.5) is 0 Å². The minimum absolute atomic E-state index is 0.267. The van der Waals surface area contributed by atoms with E-state index in [9.17, 15) is 34.5 Å². The van der Waals surface area contributed by atoms with Crippen molar-refractivity contribution in [3.63, 3.8) is 0 Å². The maximum Gasteiger partial charge on any atom is 0.330 e. The first-order valence-corrected chi connectivity index (χ1v) is 12.7. The van der Waals surface area contributed by atoms with Gasteiger partial charge < -0.3 is 45.3 Å². The Hall–Kier alpha value is -3.38. The molecule has 1 unspecified atom stereocenters. The fraction of sp³-hybridized carbons (Fsp3) is 0.478. The van der Waals surface area contributed by atoms with Crippen molar-refractivity contribution in [2.75, 3.05) is 13.7 Å². The molecular formula is C23H28N4O11S. The monoisotopic (exact) mass is 568 g/mol. The minimum Gasteiger partial charge on any atom is -0.456 e. The fourth-order valence-electron chi connectivity index (χ4n) is 4.23. The van der Waals surface area contributed by atoms with Gasteiger partial charge in [-0.05, 0) is 23.9 Å². The Morgan fingerprint density at radius 2 is 2.03 bits per heavy atom. The van der Waals surface area contributed by atoms with Crippen molar-refractivity contribution < 1.29 is 43.9 Å². The first kappa shape index (κ1) is 28.6. The third-order valence-corrected chi connectivity index (χ3v) is 7.10. The Bertz CT molecular complexity index is 1310. The standard InChI is InChI=1S/C23H28N4O11S/c1-35-16-15(31)21(27-7-5-13(29)26-23(27)34)37-17(16)18(19(24)32)38-22-14(30)11(28)9-12(36-22)20(33)25-6-4-10-3-2-8-39-10/h2-3,5,7-9,11,14-18,21-22,28,30-31H,4,6H2,1H3,(H2,24,32)(H,25,33)(H,26,29,34)/t11-,14-,15+,16-,17-,18?,21+,22+/m0/s1. The first-order valence-electron chi connectivity index (χ1n) is 11.8. The highest BCUT2D eigenvalue weighted by atomic mass is 32.1. The number of aliphatic hydroxyl groups is 3. The molecule has 2 aromatic heterocycles. The molecule has 2 aliphatic heterocycles. The number of hydrogen-bond acceptors (Lipinski definition) is 12. The largest absolute Gasteiger partial charge is 0.456 e. The van der Waals surface area contributed by atoms with Gasteiger partial charge in [-0.15, -0.1) is 11.3 Å². The van der Waals surface area contributed by atoms with Crippen LogP contribution in [0.2, 0.25) is 0 Å². The number of carbonyl (C=O) groups is 2. The number of primary amides is 1. The van der Waals surface area contributed by atoms with E-state index in [2.05, 4.69) is 5.32 Å². The summed E-state index contributed by atoms with van der Waals surface area (Å²) in [5, 5.41) is 36.1. The number of aromatic nitrogens is 2. The number of nitrogens with zero attached hydrogens (tertiary/aromatic N) is 1. The smallest absolute Gasteiger partial charge is 0.330 e. The molecule has 2 amide bonds. The third-order valence-electron chi connectivity index (χ3n) is 6.16. The van der Waals surface area contributed by atoms with Gasteiger partial charge in [-0.3, -0.25) is 23.9 Å². The number of amides is 2. The Kier molecular flexibility index (Phi) is 8.96. The van der Waals surface area contributed by atoms with Gasteiger partial charge in [-0.25, -0.2) is 4.79 Å². The number of aromatic amines is 1. The van der Waals surface area contributed by atoms with E-state index in [-0.39, 0.29) is 12.3 Å². The molecule has 0 spiro atoms. The van der Waals surface area contributed by atoms with E-state index in [0.717, 1.165) is 27.8 Å². The number of H-pyrrole nitrogens is 1. The van der Waals surface area contributed by atoms with E-state index in [1.807, 2.05) is 22.5 Å². The summed E-state index contributed by atoms with van der Waals surface area (Å²) in [4.78, 5) is 51.8. The van der Waals surface area contributed by atoms with Crippen LogP contribution in [-0.2, 0) is 35.0 Å². The van der Waals surface area contributed by atoms with Gasteiger partial charge in [0.05, 0.1) is 0 Å². The summed E-state index contributed by atoms with van der Waals surface area (Å²) in [6, 6.07) is 4.82. The van der Waals surface area contributed by atoms with Crippen molar-refractivity contribution in [1.29, 1.82) is 0 Å². The molecule has 1 saturated heterocycles. The summed E-state index contributed by atoms with van der Waals surface area (Å²) in [5.74, 6) is -2.17. The number of hydrogen-bond donors (Lipinski definition) is 6. The SMILES string of the molecule is CO[C@H]1[C@@H](O)[C@H](n2ccc(=O)[nH]c2=O)O[C@@H]1C(O[C@H]1OC(C(=O)NCCc2cccs2)=C[C@H](O)[C@@H]1O)C(N)=O. The molecule has 8 atom stereocenters. The van der Waals surface area contributed by atoms with Crippen molar-refractivity contribution in [2.24, 2.45) is 5.73 Å². The number of carbonyl (C=O) groups excluding carboxylic acids is 2. The molecule has 15 nitrogen and oxygen atoms in total. The van der Waals surface area contributed by atoms with E-state index < -0.39 is 72.2 Å². The highest BCUT2D eigenvalue weighted by Gasteiger charge is 2.52. The maximum atomic E-state index is 12.6. The number of thiophene rings is 1. The van der Waals surface area contributed by atoms with E-state index in [1.54, 1.807) is 0 Å². The average molecular weight is 569 g/mol. The van der Waals surface area contributed by atoms with Crippen molar-refractivity contribution in [3.8, 4) is 0 Å². The van der Waals surface area contributed by atoms with E-state index in [1.165, 1.54) is 18.4 Å². The lowest BCUT2D eigenvalue weighted by Crippen LogP contribution is -2.54. The molecule has 4 rings (SSSR count). The molecule has 7 N–H and O–H groups in total. The average Bonchev–Trinajstić information content (AvgIpc) is 3.52. The molecule has 0 aliphatic carbocycles. The summed E-state index contributed by atoms with van der Waals surface area (Å²) in [6.07, 6.45) is -9.85. The van der Waals surface area contributed by atoms with Crippen LogP contribution in [-0.4, -0.2) is 93.3 Å². The molecule has 4 heterocycles. The normalized spacial score (nSPS) is 29.3. The highest BCUT2D eigenvalue weighted by molar-refractivity contribution is 7.09.